The quantitative estimate of drug-likeness (QED) is 0.591. The van der Waals surface area contributed by atoms with E-state index in [1.165, 1.54) is 12.8 Å². The van der Waals surface area contributed by atoms with Crippen LogP contribution >= 0.6 is 0 Å². The van der Waals surface area contributed by atoms with Gasteiger partial charge in [-0.3, -0.25) is 0 Å². The maximum atomic E-state index is 8.48. The van der Waals surface area contributed by atoms with Gasteiger partial charge in [-0.05, 0) is 25.7 Å². The molecule has 0 saturated carbocycles. The zero-order valence-corrected chi connectivity index (χ0v) is 5.71. The van der Waals surface area contributed by atoms with Gasteiger partial charge < -0.3 is 5.11 Å². The summed E-state index contributed by atoms with van der Waals surface area (Å²) in [6.07, 6.45) is 4.53. The van der Waals surface area contributed by atoms with Gasteiger partial charge in [-0.25, -0.2) is 5.32 Å². The summed E-state index contributed by atoms with van der Waals surface area (Å²) in [4.78, 5) is 0. The standard InChI is InChI=1S/C7H14NO/c9-6-2-4-7-3-1-5-8-7/h7,9H,1-6H2. The second-order valence-electron chi connectivity index (χ2n) is 2.57. The molecule has 1 fully saturated rings. The van der Waals surface area contributed by atoms with Gasteiger partial charge in [0.25, 0.3) is 0 Å². The van der Waals surface area contributed by atoms with Crippen molar-refractivity contribution < 1.29 is 5.11 Å². The Kier molecular flexibility index (Phi) is 3.01. The van der Waals surface area contributed by atoms with Gasteiger partial charge in [0.15, 0.2) is 0 Å². The van der Waals surface area contributed by atoms with Crippen molar-refractivity contribution in [3.63, 3.8) is 0 Å². The van der Waals surface area contributed by atoms with Crippen LogP contribution in [0, 0.1) is 0 Å². The van der Waals surface area contributed by atoms with Crippen molar-refractivity contribution in [2.75, 3.05) is 13.2 Å². The molecule has 1 aliphatic rings. The first kappa shape index (κ1) is 7.03. The highest BCUT2D eigenvalue weighted by atomic mass is 16.2. The van der Waals surface area contributed by atoms with Crippen LogP contribution in [0.3, 0.4) is 0 Å². The monoisotopic (exact) mass is 128 g/mol. The number of nitrogens with zero attached hydrogens (tertiary/aromatic N) is 1. The van der Waals surface area contributed by atoms with E-state index in [1.807, 2.05) is 0 Å². The highest BCUT2D eigenvalue weighted by Crippen LogP contribution is 2.11. The van der Waals surface area contributed by atoms with Gasteiger partial charge in [-0.15, -0.1) is 0 Å². The van der Waals surface area contributed by atoms with Crippen LogP contribution in [-0.2, 0) is 0 Å². The van der Waals surface area contributed by atoms with E-state index in [-0.39, 0.29) is 0 Å². The van der Waals surface area contributed by atoms with Crippen molar-refractivity contribution in [2.45, 2.75) is 31.7 Å². The Labute approximate surface area is 56.3 Å². The Morgan fingerprint density at radius 1 is 1.56 bits per heavy atom. The molecule has 1 heterocycles. The third-order valence-electron chi connectivity index (χ3n) is 1.78. The van der Waals surface area contributed by atoms with E-state index in [9.17, 15) is 0 Å². The van der Waals surface area contributed by atoms with Crippen LogP contribution in [0.1, 0.15) is 25.7 Å². The average Bonchev–Trinajstić information content (AvgIpc) is 2.34. The van der Waals surface area contributed by atoms with Crippen LogP contribution in [0.25, 0.3) is 0 Å². The molecule has 1 rings (SSSR count). The van der Waals surface area contributed by atoms with Gasteiger partial charge in [-0.2, -0.15) is 0 Å². The molecule has 1 saturated heterocycles. The van der Waals surface area contributed by atoms with Crippen LogP contribution < -0.4 is 5.32 Å². The minimum atomic E-state index is 0.325. The summed E-state index contributed by atoms with van der Waals surface area (Å²) in [7, 11) is 0. The molecule has 0 aliphatic carbocycles. The van der Waals surface area contributed by atoms with Gasteiger partial charge >= 0.3 is 0 Å². The summed E-state index contributed by atoms with van der Waals surface area (Å²) in [5.74, 6) is 0. The Hall–Kier alpha value is -0.0800. The van der Waals surface area contributed by atoms with Crippen LogP contribution in [-0.4, -0.2) is 24.3 Å². The zero-order chi connectivity index (χ0) is 6.53. The molecule has 53 valence electrons. The Morgan fingerprint density at radius 3 is 3.00 bits per heavy atom. The lowest BCUT2D eigenvalue weighted by Gasteiger charge is -2.04. The smallest absolute Gasteiger partial charge is 0.0431 e. The fourth-order valence-corrected chi connectivity index (χ4v) is 1.25. The van der Waals surface area contributed by atoms with Crippen LogP contribution in [0.4, 0.5) is 0 Å². The van der Waals surface area contributed by atoms with Crippen LogP contribution in [0.2, 0.25) is 0 Å². The highest BCUT2D eigenvalue weighted by molar-refractivity contribution is 4.72. The molecule has 1 aliphatic heterocycles. The van der Waals surface area contributed by atoms with Crippen LogP contribution in [0.15, 0.2) is 0 Å². The van der Waals surface area contributed by atoms with Crippen molar-refractivity contribution in [1.82, 2.24) is 5.32 Å². The zero-order valence-electron chi connectivity index (χ0n) is 5.71. The molecule has 2 heteroatoms. The number of aliphatic hydroxyl groups excluding tert-OH is 1. The van der Waals surface area contributed by atoms with E-state index in [1.54, 1.807) is 0 Å². The first-order chi connectivity index (χ1) is 4.43. The Balaban J connectivity index is 1.98. The van der Waals surface area contributed by atoms with Crippen molar-refractivity contribution in [2.24, 2.45) is 0 Å². The first-order valence-electron chi connectivity index (χ1n) is 3.71. The molecule has 0 bridgehead atoms. The van der Waals surface area contributed by atoms with Gasteiger partial charge in [0, 0.05) is 19.2 Å². The van der Waals surface area contributed by atoms with E-state index >= 15 is 0 Å². The third-order valence-corrected chi connectivity index (χ3v) is 1.78. The molecule has 0 aromatic rings. The van der Waals surface area contributed by atoms with Crippen molar-refractivity contribution >= 4 is 0 Å². The van der Waals surface area contributed by atoms with E-state index in [0.29, 0.717) is 12.6 Å². The largest absolute Gasteiger partial charge is 0.396 e. The summed E-state index contributed by atoms with van der Waals surface area (Å²) in [6, 6.07) is 0.581. The summed E-state index contributed by atoms with van der Waals surface area (Å²) >= 11 is 0. The number of hydrogen-bond acceptors (Lipinski definition) is 1. The normalized spacial score (nSPS) is 27.0. The molecule has 1 atom stereocenters. The fourth-order valence-electron chi connectivity index (χ4n) is 1.25. The molecule has 1 unspecified atom stereocenters. The summed E-state index contributed by atoms with van der Waals surface area (Å²) < 4.78 is 0. The first-order valence-corrected chi connectivity index (χ1v) is 3.71. The Morgan fingerprint density at radius 2 is 2.44 bits per heavy atom. The van der Waals surface area contributed by atoms with Gasteiger partial charge in [-0.1, -0.05) is 0 Å². The highest BCUT2D eigenvalue weighted by Gasteiger charge is 2.13. The predicted octanol–water partition coefficient (Wildman–Crippen LogP) is 0.526. The number of aliphatic hydroxyl groups is 1. The maximum absolute atomic E-state index is 8.48. The average molecular weight is 128 g/mol. The third kappa shape index (κ3) is 2.33. The number of rotatable bonds is 3. The molecular weight excluding hydrogens is 114 g/mol. The molecule has 0 aromatic heterocycles. The van der Waals surface area contributed by atoms with E-state index < -0.39 is 0 Å². The van der Waals surface area contributed by atoms with Crippen molar-refractivity contribution in [1.29, 1.82) is 0 Å². The summed E-state index contributed by atoms with van der Waals surface area (Å²) in [5, 5.41) is 12.8. The predicted molar refractivity (Wildman–Crippen MR) is 36.3 cm³/mol. The molecule has 1 N–H and O–H groups in total. The lowest BCUT2D eigenvalue weighted by atomic mass is 10.1. The van der Waals surface area contributed by atoms with Crippen molar-refractivity contribution in [3.05, 3.63) is 0 Å². The summed E-state index contributed by atoms with van der Waals surface area (Å²) in [6.45, 7) is 1.38. The second kappa shape index (κ2) is 3.85. The molecule has 0 aromatic carbocycles. The van der Waals surface area contributed by atoms with Crippen molar-refractivity contribution in [3.8, 4) is 0 Å². The topological polar surface area (TPSA) is 34.3 Å². The number of hydrogen-bond donors (Lipinski definition) is 1. The Bertz CT molecular complexity index is 69.3. The molecule has 9 heavy (non-hydrogen) atoms. The minimum Gasteiger partial charge on any atom is -0.396 e. The van der Waals surface area contributed by atoms with E-state index in [4.69, 9.17) is 5.11 Å². The lowest BCUT2D eigenvalue weighted by molar-refractivity contribution is 0.277. The van der Waals surface area contributed by atoms with Gasteiger partial charge in [0.1, 0.15) is 0 Å². The van der Waals surface area contributed by atoms with Gasteiger partial charge in [0.05, 0.1) is 0 Å². The molecule has 0 spiro atoms. The fraction of sp³-hybridized carbons (Fsp3) is 1.00. The lowest BCUT2D eigenvalue weighted by Crippen LogP contribution is -2.13. The second-order valence-corrected chi connectivity index (χ2v) is 2.57. The van der Waals surface area contributed by atoms with E-state index in [2.05, 4.69) is 5.32 Å². The molecule has 2 nitrogen and oxygen atoms in total. The van der Waals surface area contributed by atoms with Crippen LogP contribution in [0.5, 0.6) is 0 Å². The minimum absolute atomic E-state index is 0.325. The molecule has 1 radical (unpaired) electrons. The van der Waals surface area contributed by atoms with Gasteiger partial charge in [0.2, 0.25) is 0 Å². The molecule has 0 amide bonds. The van der Waals surface area contributed by atoms with E-state index in [0.717, 1.165) is 19.4 Å². The SMILES string of the molecule is OCCCC1CCC[N]1. The summed E-state index contributed by atoms with van der Waals surface area (Å²) in [5.41, 5.74) is 0. The maximum Gasteiger partial charge on any atom is 0.0431 e. The molecular formula is C7H14NO.